The zero-order valence-corrected chi connectivity index (χ0v) is 66.4. The van der Waals surface area contributed by atoms with Crippen LogP contribution in [0.3, 0.4) is 0 Å². The fourth-order valence-electron chi connectivity index (χ4n) is 11.9. The zero-order valence-electron chi connectivity index (χ0n) is 63.4. The molecule has 0 atom stereocenters. The van der Waals surface area contributed by atoms with Crippen molar-refractivity contribution in [1.29, 1.82) is 0 Å². The number of anilines is 10. The Labute approximate surface area is 653 Å². The number of aromatic nitrogens is 16. The summed E-state index contributed by atoms with van der Waals surface area (Å²) in [6.07, 6.45) is 6.60. The van der Waals surface area contributed by atoms with Crippen LogP contribution in [0.5, 0.6) is 0 Å². The maximum Gasteiger partial charge on any atom is 0.229 e. The Morgan fingerprint density at radius 2 is 0.636 bits per heavy atom. The van der Waals surface area contributed by atoms with Crippen LogP contribution in [0, 0.1) is 96.9 Å². The van der Waals surface area contributed by atoms with Gasteiger partial charge in [-0.3, -0.25) is 18.7 Å². The topological polar surface area (TPSA) is 248 Å². The smallest absolute Gasteiger partial charge is 0.229 e. The van der Waals surface area contributed by atoms with Crippen LogP contribution in [0.1, 0.15) is 93.3 Å². The van der Waals surface area contributed by atoms with Crippen molar-refractivity contribution >= 4 is 164 Å². The minimum atomic E-state index is 0. The monoisotopic (exact) mass is 1510 g/mol. The van der Waals surface area contributed by atoms with Crippen molar-refractivity contribution in [3.8, 4) is 0 Å². The molecule has 0 aliphatic rings. The molecule has 0 saturated carbocycles. The van der Waals surface area contributed by atoms with Gasteiger partial charge in [-0.25, -0.2) is 34.9 Å². The summed E-state index contributed by atoms with van der Waals surface area (Å²) in [7, 11) is 13.8. The quantitative estimate of drug-likeness (QED) is 0.0553. The van der Waals surface area contributed by atoms with Gasteiger partial charge in [0.15, 0.2) is 0 Å². The van der Waals surface area contributed by atoms with Gasteiger partial charge in [0.05, 0.1) is 44.8 Å². The molecule has 0 amide bonds. The highest BCUT2D eigenvalue weighted by molar-refractivity contribution is 6.31. The van der Waals surface area contributed by atoms with Gasteiger partial charge in [-0.1, -0.05) is 38.6 Å². The fourth-order valence-corrected chi connectivity index (χ4v) is 12.5. The molecule has 5 N–H and O–H groups in total. The van der Waals surface area contributed by atoms with Gasteiger partial charge in [0, 0.05) is 147 Å². The van der Waals surface area contributed by atoms with Gasteiger partial charge in [-0.2, -0.15) is 25.4 Å². The van der Waals surface area contributed by atoms with Crippen LogP contribution in [0.2, 0.25) is 21.0 Å². The van der Waals surface area contributed by atoms with Gasteiger partial charge in [0.2, 0.25) is 21.8 Å². The molecule has 0 aliphatic heterocycles. The van der Waals surface area contributed by atoms with E-state index in [2.05, 4.69) is 182 Å². The van der Waals surface area contributed by atoms with Crippen LogP contribution in [0.4, 0.5) is 57.5 Å². The lowest BCUT2D eigenvalue weighted by atomic mass is 10.1. The summed E-state index contributed by atoms with van der Waals surface area (Å²) in [6.45, 7) is 28.9. The minimum Gasteiger partial charge on any atom is -0.399 e. The Balaban J connectivity index is 0.000000240. The number of nitrogens with two attached hydrogens (primary N) is 2. The third kappa shape index (κ3) is 20.6. The summed E-state index contributed by atoms with van der Waals surface area (Å²) in [4.78, 5) is 38.9. The number of nitrogens with zero attached hydrogens (tertiary/aromatic N) is 19. The molecule has 8 heterocycles. The normalized spacial score (nSPS) is 10.4. The van der Waals surface area contributed by atoms with Gasteiger partial charge in [-0.05, 0) is 272 Å². The minimum absolute atomic E-state index is 0. The average molecular weight is 1520 g/mol. The summed E-state index contributed by atoms with van der Waals surface area (Å²) in [5, 5.41) is 27.0. The highest BCUT2D eigenvalue weighted by Crippen LogP contribution is 2.35. The van der Waals surface area contributed by atoms with E-state index in [1.165, 1.54) is 66.7 Å². The van der Waals surface area contributed by atoms with E-state index in [0.717, 1.165) is 113 Å². The van der Waals surface area contributed by atoms with Gasteiger partial charge >= 0.3 is 0 Å². The molecule has 14 rings (SSSR count). The highest BCUT2D eigenvalue weighted by Gasteiger charge is 2.19. The Morgan fingerprint density at radius 1 is 0.336 bits per heavy atom. The Bertz CT molecular complexity index is 5190. The van der Waals surface area contributed by atoms with Gasteiger partial charge in [0.1, 0.15) is 22.6 Å². The maximum atomic E-state index is 5.88. The Kier molecular flexibility index (Phi) is 30.4. The van der Waals surface area contributed by atoms with Crippen LogP contribution < -0.4 is 31.5 Å². The van der Waals surface area contributed by atoms with Crippen LogP contribution in [-0.4, -0.2) is 117 Å². The molecule has 107 heavy (non-hydrogen) atoms. The third-order valence-electron chi connectivity index (χ3n) is 18.0. The SMILES string of the molecule is C.C.Cc1cc(C)c(N)cc1C.Cc1cc(C)c(Nc2nccc(N(C)c3cc4c(cc3C)c(C)nn4C)n2)cc1C.Cc1cc2c(C)nn(C)c2cc1N.Cc1cc2c(C)nn(C)c2cc1N(C)c1ccnc(Cl)n1.Cc1cc2c(C)nn(C)c2cc1N(C)c1ccnc(Cl)n1.Clc1ccnc(Cl)n1.[B].[B]. The first kappa shape index (κ1) is 87.2. The lowest BCUT2D eigenvalue weighted by Gasteiger charge is -2.21. The molecule has 0 saturated heterocycles. The second-order valence-electron chi connectivity index (χ2n) is 25.6. The fraction of sp³-hybridized carbons (Fsp3) is 0.291. The van der Waals surface area contributed by atoms with Gasteiger partial charge in [-0.15, -0.1) is 0 Å². The first-order valence-corrected chi connectivity index (χ1v) is 34.5. The molecule has 28 heteroatoms. The van der Waals surface area contributed by atoms with Crippen molar-refractivity contribution < 1.29 is 0 Å². The van der Waals surface area contributed by atoms with E-state index >= 15 is 0 Å². The predicted octanol–water partition coefficient (Wildman–Crippen LogP) is 18.5. The van der Waals surface area contributed by atoms with E-state index in [0.29, 0.717) is 11.1 Å². The number of rotatable bonds is 8. The third-order valence-corrected chi connectivity index (χ3v) is 18.8. The summed E-state index contributed by atoms with van der Waals surface area (Å²) in [6, 6.07) is 32.6. The second-order valence-corrected chi connectivity index (χ2v) is 27.0. The molecule has 14 aromatic rings. The van der Waals surface area contributed by atoms with Gasteiger partial charge < -0.3 is 31.5 Å². The second kappa shape index (κ2) is 37.2. The summed E-state index contributed by atoms with van der Waals surface area (Å²) in [5.41, 5.74) is 38.1. The highest BCUT2D eigenvalue weighted by atomic mass is 35.5. The largest absolute Gasteiger partial charge is 0.399 e. The number of benzene rings is 6. The number of hydrogen-bond acceptors (Lipinski definition) is 18. The Hall–Kier alpha value is -10.4. The number of aryl methyl sites for hydroxylation is 18. The first-order valence-electron chi connectivity index (χ1n) is 33.0. The summed E-state index contributed by atoms with van der Waals surface area (Å²) < 4.78 is 7.58. The number of nitrogens with one attached hydrogen (secondary N) is 1. The van der Waals surface area contributed by atoms with Crippen molar-refractivity contribution in [2.75, 3.05) is 52.6 Å². The molecule has 0 aliphatic carbocycles. The molecular formula is C79H96B2Cl4N22. The van der Waals surface area contributed by atoms with Crippen molar-refractivity contribution in [3.63, 3.8) is 0 Å². The van der Waals surface area contributed by atoms with E-state index in [4.69, 9.17) is 62.9 Å². The summed E-state index contributed by atoms with van der Waals surface area (Å²) >= 11 is 22.5. The molecule has 556 valence electrons. The molecular weight excluding hydrogens is 1420 g/mol. The average Bonchev–Trinajstić information content (AvgIpc) is 1.62. The van der Waals surface area contributed by atoms with Crippen molar-refractivity contribution in [2.45, 2.75) is 112 Å². The van der Waals surface area contributed by atoms with Crippen molar-refractivity contribution in [3.05, 3.63) is 221 Å². The van der Waals surface area contributed by atoms with Crippen LogP contribution in [0.15, 0.2) is 122 Å². The number of nitrogen functional groups attached to an aromatic ring is 2. The molecule has 6 radical (unpaired) electrons. The Morgan fingerprint density at radius 3 is 0.991 bits per heavy atom. The van der Waals surface area contributed by atoms with Crippen LogP contribution in [0.25, 0.3) is 43.6 Å². The standard InChI is InChI=1S/C24H28N6.2C15H16ClN5.C10H13N3.C9H13N.C4H2Cl2N2.2CH4.2B/c1-14-10-16(3)20(12-15(14)2)26-24-25-9-8-23(27-24)29(6)21-13-22-19(11-17(21)4)18(5)28-30(22)7;2*1-9-7-11-10(2)19-21(4)13(11)8-12(9)20(3)14-5-6-17-15(16)18-14;1-6-4-8-7(2)12-13(3)10(8)5-9(6)11;1-6-4-8(3)9(10)5-7(6)2;5-3-1-2-7-4(6)8-3;;;;/h8-13H,1-7H3,(H,25,26,27);2*5-8H,1-4H3;4-5H,11H2,1-3H3;4-5H,10H2,1-3H3;1-2H;2*1H4;;. The van der Waals surface area contributed by atoms with E-state index in [9.17, 15) is 0 Å². The van der Waals surface area contributed by atoms with Crippen LogP contribution in [-0.2, 0) is 28.2 Å². The lowest BCUT2D eigenvalue weighted by Crippen LogP contribution is -2.14. The molecule has 8 aromatic heterocycles. The van der Waals surface area contributed by atoms with Crippen molar-refractivity contribution in [1.82, 2.24) is 79.0 Å². The molecule has 0 spiro atoms. The van der Waals surface area contributed by atoms with Crippen molar-refractivity contribution in [2.24, 2.45) is 28.2 Å². The molecule has 22 nitrogen and oxygen atoms in total. The predicted molar refractivity (Wildman–Crippen MR) is 451 cm³/mol. The van der Waals surface area contributed by atoms with E-state index in [1.54, 1.807) is 24.7 Å². The number of halogens is 4. The molecule has 6 aromatic carbocycles. The lowest BCUT2D eigenvalue weighted by molar-refractivity contribution is 0.783. The van der Waals surface area contributed by atoms with E-state index < -0.39 is 0 Å². The first-order chi connectivity index (χ1) is 48.7. The number of fused-ring (bicyclic) bond motifs is 4. The molecule has 0 unspecified atom stereocenters. The zero-order chi connectivity index (χ0) is 75.2. The van der Waals surface area contributed by atoms with Gasteiger partial charge in [0.25, 0.3) is 0 Å². The molecule has 0 fully saturated rings. The van der Waals surface area contributed by atoms with E-state index in [-0.39, 0.29) is 47.5 Å². The summed E-state index contributed by atoms with van der Waals surface area (Å²) in [5.74, 6) is 2.93. The van der Waals surface area contributed by atoms with Crippen LogP contribution >= 0.6 is 46.4 Å². The molecule has 0 bridgehead atoms. The number of hydrogen-bond donors (Lipinski definition) is 3. The van der Waals surface area contributed by atoms with E-state index in [1.807, 2.05) is 150 Å². The maximum absolute atomic E-state index is 5.88.